The average Bonchev–Trinajstić information content (AvgIpc) is 1.56. The number of nitrogens with zero attached hydrogens (tertiary/aromatic N) is 8. The van der Waals surface area contributed by atoms with Crippen LogP contribution in [0.25, 0.3) is 189 Å². The number of hydrogen-bond donors (Lipinski definition) is 0. The van der Waals surface area contributed by atoms with Crippen LogP contribution in [0.2, 0.25) is 0 Å². The van der Waals surface area contributed by atoms with E-state index in [0.717, 1.165) is 145 Å². The first kappa shape index (κ1) is 62.6. The highest BCUT2D eigenvalue weighted by molar-refractivity contribution is 6.24. The predicted molar refractivity (Wildman–Crippen MR) is 438 cm³/mol. The highest BCUT2D eigenvalue weighted by Gasteiger charge is 2.24. The molecule has 8 nitrogen and oxygen atoms in total. The maximum Gasteiger partial charge on any atom is 0.160 e. The minimum atomic E-state index is 0.702. The molecular weight excluding hydrogens is 1290 g/mol. The van der Waals surface area contributed by atoms with Crippen LogP contribution in [0.5, 0.6) is 0 Å². The molecule has 0 N–H and O–H groups in total. The normalized spacial score (nSPS) is 11.4. The molecule has 0 saturated carbocycles. The van der Waals surface area contributed by atoms with Crippen LogP contribution in [0.3, 0.4) is 0 Å². The van der Waals surface area contributed by atoms with Crippen molar-refractivity contribution in [3.63, 3.8) is 0 Å². The SMILES string of the molecule is c1ccc(-c2cc(-c3ccc(-c4ccc(-c5nc6ccccc6c6c5c5ccccc5n6-c5ccccc5)cc4)cc3)nc(-c3ccccc3)n2)cc1.c1ccc(-c2cc(-c3ccccc3)nc(-c3ccc(-c4ccc(-c5nc6ccccc6c6c5c5ccccc5n6-c5ccccc5)cc4)cc3)n2)cc1. The molecule has 0 aliphatic heterocycles. The van der Waals surface area contributed by atoms with Crippen molar-refractivity contribution in [2.24, 2.45) is 0 Å². The standard InChI is InChI=1S/2C49H32N4/c1-4-14-35(15-5-1)43-32-44(52-49(51-43)38-16-6-2-7-17-38)36-28-24-33(25-29-36)34-26-30-37(31-27-34)47-46-41-21-11-13-23-45(41)53(39-18-8-3-9-19-39)48(46)40-20-10-12-22-42(40)50-47;1-4-14-35(15-5-1)43-32-44(36-16-6-2-7-17-36)52-49(51-43)38-30-26-34(27-31-38)33-24-28-37(29-25-33)47-46-41-21-11-13-23-45(41)53(39-18-8-3-9-19-39)48(46)40-20-10-12-22-42(40)50-47/h2*1-32H. The number of benzene rings is 14. The molecule has 496 valence electrons. The van der Waals surface area contributed by atoms with Gasteiger partial charge in [-0.2, -0.15) is 0 Å². The molecule has 20 rings (SSSR count). The third-order valence-corrected chi connectivity index (χ3v) is 20.0. The largest absolute Gasteiger partial charge is 0.308 e. The lowest BCUT2D eigenvalue weighted by Crippen LogP contribution is -1.96. The van der Waals surface area contributed by atoms with Gasteiger partial charge in [0.2, 0.25) is 0 Å². The maximum atomic E-state index is 5.31. The van der Waals surface area contributed by atoms with Crippen LogP contribution in [-0.4, -0.2) is 39.0 Å². The Kier molecular flexibility index (Phi) is 16.1. The van der Waals surface area contributed by atoms with Crippen molar-refractivity contribution in [2.45, 2.75) is 0 Å². The van der Waals surface area contributed by atoms with Gasteiger partial charge in [-0.05, 0) is 82.9 Å². The Balaban J connectivity index is 0.000000145. The summed E-state index contributed by atoms with van der Waals surface area (Å²) in [5.41, 5.74) is 27.3. The van der Waals surface area contributed by atoms with Gasteiger partial charge in [-0.1, -0.05) is 328 Å². The molecule has 0 atom stereocenters. The van der Waals surface area contributed by atoms with Crippen LogP contribution >= 0.6 is 0 Å². The lowest BCUT2D eigenvalue weighted by Gasteiger charge is -2.12. The molecule has 0 spiro atoms. The number of rotatable bonds is 12. The molecule has 0 amide bonds. The van der Waals surface area contributed by atoms with Crippen molar-refractivity contribution >= 4 is 65.4 Å². The van der Waals surface area contributed by atoms with Gasteiger partial charge in [-0.3, -0.25) is 0 Å². The van der Waals surface area contributed by atoms with E-state index in [1.165, 1.54) is 32.8 Å². The Bertz CT molecular complexity index is 6090. The monoisotopic (exact) mass is 1350 g/mol. The molecular formula is C98H64N8. The lowest BCUT2D eigenvalue weighted by molar-refractivity contribution is 1.18. The first-order chi connectivity index (χ1) is 52.6. The Labute approximate surface area is 612 Å². The molecule has 0 unspecified atom stereocenters. The molecule has 20 aromatic rings. The van der Waals surface area contributed by atoms with Crippen molar-refractivity contribution in [2.75, 3.05) is 0 Å². The van der Waals surface area contributed by atoms with Gasteiger partial charge in [-0.25, -0.2) is 29.9 Å². The van der Waals surface area contributed by atoms with Crippen molar-refractivity contribution < 1.29 is 0 Å². The van der Waals surface area contributed by atoms with E-state index >= 15 is 0 Å². The molecule has 106 heavy (non-hydrogen) atoms. The summed E-state index contributed by atoms with van der Waals surface area (Å²) in [6.45, 7) is 0. The average molecular weight is 1350 g/mol. The third-order valence-electron chi connectivity index (χ3n) is 20.0. The second kappa shape index (κ2) is 27.2. The van der Waals surface area contributed by atoms with Crippen molar-refractivity contribution in [3.05, 3.63) is 388 Å². The quantitative estimate of drug-likeness (QED) is 0.121. The zero-order chi connectivity index (χ0) is 70.3. The summed E-state index contributed by atoms with van der Waals surface area (Å²) in [4.78, 5) is 30.6. The molecule has 6 heterocycles. The van der Waals surface area contributed by atoms with E-state index in [1.54, 1.807) is 0 Å². The van der Waals surface area contributed by atoms with Crippen LogP contribution in [-0.2, 0) is 0 Å². The number of fused-ring (bicyclic) bond motifs is 10. The van der Waals surface area contributed by atoms with Crippen molar-refractivity contribution in [1.82, 2.24) is 39.0 Å². The number of aromatic nitrogens is 8. The summed E-state index contributed by atoms with van der Waals surface area (Å²) in [5, 5.41) is 6.97. The van der Waals surface area contributed by atoms with Crippen LogP contribution < -0.4 is 0 Å². The summed E-state index contributed by atoms with van der Waals surface area (Å²) < 4.78 is 4.77. The molecule has 14 aromatic carbocycles. The van der Waals surface area contributed by atoms with Crippen LogP contribution in [0.4, 0.5) is 0 Å². The van der Waals surface area contributed by atoms with Crippen LogP contribution in [0, 0.1) is 0 Å². The summed E-state index contributed by atoms with van der Waals surface area (Å²) in [6.07, 6.45) is 0. The predicted octanol–water partition coefficient (Wildman–Crippen LogP) is 24.9. The first-order valence-electron chi connectivity index (χ1n) is 35.7. The highest BCUT2D eigenvalue weighted by atomic mass is 15.0. The fourth-order valence-corrected chi connectivity index (χ4v) is 14.9. The second-order valence-corrected chi connectivity index (χ2v) is 26.5. The summed E-state index contributed by atoms with van der Waals surface area (Å²) >= 11 is 0. The van der Waals surface area contributed by atoms with Gasteiger partial charge in [0.05, 0.1) is 67.3 Å². The van der Waals surface area contributed by atoms with E-state index in [0.29, 0.717) is 11.6 Å². The highest BCUT2D eigenvalue weighted by Crippen LogP contribution is 2.44. The van der Waals surface area contributed by atoms with Crippen molar-refractivity contribution in [3.8, 4) is 124 Å². The van der Waals surface area contributed by atoms with Crippen LogP contribution in [0.1, 0.15) is 0 Å². The minimum absolute atomic E-state index is 0.702. The molecule has 0 bridgehead atoms. The number of pyridine rings is 2. The van der Waals surface area contributed by atoms with Gasteiger partial charge in [0.15, 0.2) is 11.6 Å². The van der Waals surface area contributed by atoms with E-state index in [1.807, 2.05) is 72.8 Å². The first-order valence-corrected chi connectivity index (χ1v) is 35.7. The van der Waals surface area contributed by atoms with Gasteiger partial charge >= 0.3 is 0 Å². The Morgan fingerprint density at radius 3 is 0.774 bits per heavy atom. The number of para-hydroxylation sites is 6. The summed E-state index contributed by atoms with van der Waals surface area (Å²) in [7, 11) is 0. The van der Waals surface area contributed by atoms with Gasteiger partial charge in [-0.15, -0.1) is 0 Å². The summed E-state index contributed by atoms with van der Waals surface area (Å²) in [5.74, 6) is 1.41. The van der Waals surface area contributed by atoms with Gasteiger partial charge in [0.25, 0.3) is 0 Å². The number of hydrogen-bond acceptors (Lipinski definition) is 6. The van der Waals surface area contributed by atoms with Gasteiger partial charge in [0, 0.05) is 88.2 Å². The Morgan fingerprint density at radius 2 is 0.425 bits per heavy atom. The van der Waals surface area contributed by atoms with E-state index in [9.17, 15) is 0 Å². The third kappa shape index (κ3) is 11.7. The fourth-order valence-electron chi connectivity index (χ4n) is 14.9. The van der Waals surface area contributed by atoms with Crippen LogP contribution in [0.15, 0.2) is 388 Å². The summed E-state index contributed by atoms with van der Waals surface area (Å²) in [6, 6.07) is 136. The zero-order valence-electron chi connectivity index (χ0n) is 57.5. The molecule has 0 radical (unpaired) electrons. The fraction of sp³-hybridized carbons (Fsp3) is 0. The molecule has 8 heteroatoms. The van der Waals surface area contributed by atoms with E-state index in [4.69, 9.17) is 29.9 Å². The molecule has 6 aromatic heterocycles. The molecule has 0 aliphatic carbocycles. The Morgan fingerprint density at radius 1 is 0.179 bits per heavy atom. The zero-order valence-corrected chi connectivity index (χ0v) is 57.5. The maximum absolute atomic E-state index is 5.31. The topological polar surface area (TPSA) is 87.2 Å². The van der Waals surface area contributed by atoms with E-state index in [-0.39, 0.29) is 0 Å². The minimum Gasteiger partial charge on any atom is -0.308 e. The second-order valence-electron chi connectivity index (χ2n) is 26.5. The molecule has 0 fully saturated rings. The van der Waals surface area contributed by atoms with Gasteiger partial charge in [0.1, 0.15) is 0 Å². The smallest absolute Gasteiger partial charge is 0.160 e. The Hall–Kier alpha value is -14.3. The lowest BCUT2D eigenvalue weighted by atomic mass is 9.98. The van der Waals surface area contributed by atoms with Crippen molar-refractivity contribution in [1.29, 1.82) is 0 Å². The van der Waals surface area contributed by atoms with E-state index < -0.39 is 0 Å². The molecule has 0 aliphatic rings. The molecule has 0 saturated heterocycles. The van der Waals surface area contributed by atoms with Gasteiger partial charge < -0.3 is 9.13 Å². The van der Waals surface area contributed by atoms with E-state index in [2.05, 4.69) is 325 Å².